The van der Waals surface area contributed by atoms with Crippen molar-refractivity contribution in [1.29, 1.82) is 0 Å². The number of ether oxygens (including phenoxy) is 2. The number of benzene rings is 2. The second kappa shape index (κ2) is 8.94. The van der Waals surface area contributed by atoms with Crippen molar-refractivity contribution in [3.63, 3.8) is 0 Å². The molecule has 0 N–H and O–H groups in total. The van der Waals surface area contributed by atoms with Gasteiger partial charge in [0.1, 0.15) is 11.5 Å². The molecular weight excluding hydrogens is 367 g/mol. The minimum Gasteiger partial charge on any atom is -0.493 e. The first-order valence-corrected chi connectivity index (χ1v) is 8.54. The van der Waals surface area contributed by atoms with Gasteiger partial charge in [0.2, 0.25) is 0 Å². The monoisotopic (exact) mass is 385 g/mol. The minimum atomic E-state index is -4.54. The van der Waals surface area contributed by atoms with Gasteiger partial charge in [0.15, 0.2) is 0 Å². The average molecular weight is 386 g/mol. The van der Waals surface area contributed by atoms with Crippen LogP contribution in [0.2, 0.25) is 5.02 Å². The molecule has 0 aromatic heterocycles. The van der Waals surface area contributed by atoms with Crippen LogP contribution in [0.4, 0.5) is 18.9 Å². The van der Waals surface area contributed by atoms with Crippen LogP contribution in [0, 0.1) is 0 Å². The molecule has 0 radical (unpaired) electrons. The van der Waals surface area contributed by atoms with Gasteiger partial charge in [0.25, 0.3) is 0 Å². The lowest BCUT2D eigenvalue weighted by atomic mass is 10.1. The maximum absolute atomic E-state index is 13.0. The lowest BCUT2D eigenvalue weighted by Gasteiger charge is -2.13. The summed E-state index contributed by atoms with van der Waals surface area (Å²) in [6.45, 7) is 4.77. The van der Waals surface area contributed by atoms with E-state index in [0.29, 0.717) is 30.3 Å². The van der Waals surface area contributed by atoms with Crippen LogP contribution >= 0.6 is 11.6 Å². The molecule has 0 heterocycles. The van der Waals surface area contributed by atoms with Crippen molar-refractivity contribution in [1.82, 2.24) is 0 Å². The number of nitrogens with zero attached hydrogens (tertiary/aromatic N) is 1. The molecule has 3 nitrogen and oxygen atoms in total. The Morgan fingerprint density at radius 3 is 2.38 bits per heavy atom. The van der Waals surface area contributed by atoms with Crippen LogP contribution < -0.4 is 9.47 Å². The number of alkyl halides is 3. The number of halogens is 4. The molecule has 2 aromatic rings. The summed E-state index contributed by atoms with van der Waals surface area (Å²) in [7, 11) is 0. The Bertz CT molecular complexity index is 776. The molecule has 26 heavy (non-hydrogen) atoms. The molecule has 2 rings (SSSR count). The molecule has 2 aromatic carbocycles. The van der Waals surface area contributed by atoms with E-state index in [0.717, 1.165) is 12.5 Å². The van der Waals surface area contributed by atoms with Gasteiger partial charge in [-0.3, -0.25) is 4.99 Å². The summed E-state index contributed by atoms with van der Waals surface area (Å²) >= 11 is 5.64. The largest absolute Gasteiger partial charge is 0.493 e. The summed E-state index contributed by atoms with van der Waals surface area (Å²) in [5, 5.41) is -0.363. The highest BCUT2D eigenvalue weighted by Crippen LogP contribution is 2.37. The van der Waals surface area contributed by atoms with E-state index < -0.39 is 11.7 Å². The third kappa shape index (κ3) is 5.14. The van der Waals surface area contributed by atoms with Crippen LogP contribution in [0.5, 0.6) is 11.5 Å². The number of aliphatic imine (C=N–C) groups is 1. The zero-order valence-corrected chi connectivity index (χ0v) is 15.2. The molecule has 0 aliphatic carbocycles. The Morgan fingerprint density at radius 2 is 1.77 bits per heavy atom. The molecule has 0 aliphatic rings. The van der Waals surface area contributed by atoms with E-state index >= 15 is 0 Å². The average Bonchev–Trinajstić information content (AvgIpc) is 2.59. The highest BCUT2D eigenvalue weighted by Gasteiger charge is 2.33. The minimum absolute atomic E-state index is 0.134. The fourth-order valence-corrected chi connectivity index (χ4v) is 2.44. The lowest BCUT2D eigenvalue weighted by molar-refractivity contribution is -0.137. The molecule has 0 spiro atoms. The van der Waals surface area contributed by atoms with Crippen LogP contribution in [0.15, 0.2) is 41.4 Å². The van der Waals surface area contributed by atoms with Crippen molar-refractivity contribution in [2.24, 2.45) is 4.99 Å². The van der Waals surface area contributed by atoms with E-state index in [4.69, 9.17) is 21.1 Å². The molecule has 0 fully saturated rings. The van der Waals surface area contributed by atoms with Gasteiger partial charge in [0.05, 0.1) is 35.1 Å². The fourth-order valence-electron chi connectivity index (χ4n) is 2.22. The van der Waals surface area contributed by atoms with E-state index in [-0.39, 0.29) is 10.7 Å². The first-order valence-electron chi connectivity index (χ1n) is 8.16. The van der Waals surface area contributed by atoms with E-state index in [9.17, 15) is 13.2 Å². The van der Waals surface area contributed by atoms with Gasteiger partial charge >= 0.3 is 6.18 Å². The van der Waals surface area contributed by atoms with Crippen LogP contribution in [0.25, 0.3) is 0 Å². The maximum Gasteiger partial charge on any atom is 0.417 e. The Kier molecular flexibility index (Phi) is 6.91. The summed E-state index contributed by atoms with van der Waals surface area (Å²) in [6.07, 6.45) is -2.28. The summed E-state index contributed by atoms with van der Waals surface area (Å²) in [5.41, 5.74) is -0.213. The molecule has 0 aliphatic heterocycles. The second-order valence-corrected chi connectivity index (χ2v) is 5.78. The zero-order valence-electron chi connectivity index (χ0n) is 14.4. The molecule has 0 bridgehead atoms. The number of hydrogen-bond donors (Lipinski definition) is 0. The standard InChI is InChI=1S/C19H19ClF3NO2/c1-3-10-26-18-7-5-6-17(25-4-2)14(18)12-24-13-8-9-16(20)15(11-13)19(21,22)23/h5-9,11-12H,3-4,10H2,1-2H3/b24-12+. The molecule has 0 unspecified atom stereocenters. The summed E-state index contributed by atoms with van der Waals surface area (Å²) in [5.74, 6) is 1.11. The van der Waals surface area contributed by atoms with Gasteiger partial charge < -0.3 is 9.47 Å². The van der Waals surface area contributed by atoms with Crippen molar-refractivity contribution in [2.45, 2.75) is 26.4 Å². The van der Waals surface area contributed by atoms with Crippen molar-refractivity contribution >= 4 is 23.5 Å². The van der Waals surface area contributed by atoms with Crippen molar-refractivity contribution in [3.05, 3.63) is 52.5 Å². The van der Waals surface area contributed by atoms with E-state index in [2.05, 4.69) is 4.99 Å². The number of hydrogen-bond acceptors (Lipinski definition) is 3. The maximum atomic E-state index is 13.0. The van der Waals surface area contributed by atoms with E-state index in [1.807, 2.05) is 13.8 Å². The van der Waals surface area contributed by atoms with Crippen LogP contribution in [0.3, 0.4) is 0 Å². The SMILES string of the molecule is CCCOc1cccc(OCC)c1/C=N/c1ccc(Cl)c(C(F)(F)F)c1. The van der Waals surface area contributed by atoms with Gasteiger partial charge in [-0.2, -0.15) is 13.2 Å². The van der Waals surface area contributed by atoms with Gasteiger partial charge in [-0.25, -0.2) is 0 Å². The van der Waals surface area contributed by atoms with E-state index in [1.165, 1.54) is 18.3 Å². The second-order valence-electron chi connectivity index (χ2n) is 5.37. The molecule has 0 amide bonds. The fraction of sp³-hybridized carbons (Fsp3) is 0.316. The summed E-state index contributed by atoms with van der Waals surface area (Å²) < 4.78 is 50.2. The van der Waals surface area contributed by atoms with Gasteiger partial charge in [0, 0.05) is 6.21 Å². The molecule has 0 saturated heterocycles. The first kappa shape index (κ1) is 20.1. The highest BCUT2D eigenvalue weighted by atomic mass is 35.5. The Labute approximate surface area is 155 Å². The smallest absolute Gasteiger partial charge is 0.417 e. The topological polar surface area (TPSA) is 30.8 Å². The van der Waals surface area contributed by atoms with Gasteiger partial charge in [-0.1, -0.05) is 24.6 Å². The molecule has 0 atom stereocenters. The third-order valence-electron chi connectivity index (χ3n) is 3.39. The lowest BCUT2D eigenvalue weighted by Crippen LogP contribution is -2.05. The van der Waals surface area contributed by atoms with Crippen molar-refractivity contribution in [3.8, 4) is 11.5 Å². The molecule has 7 heteroatoms. The van der Waals surface area contributed by atoms with Crippen molar-refractivity contribution in [2.75, 3.05) is 13.2 Å². The van der Waals surface area contributed by atoms with Crippen molar-refractivity contribution < 1.29 is 22.6 Å². The molecule has 0 saturated carbocycles. The highest BCUT2D eigenvalue weighted by molar-refractivity contribution is 6.31. The molecular formula is C19H19ClF3NO2. The summed E-state index contributed by atoms with van der Waals surface area (Å²) in [4.78, 5) is 4.16. The normalized spacial score (nSPS) is 11.8. The molecule has 140 valence electrons. The zero-order chi connectivity index (χ0) is 19.2. The summed E-state index contributed by atoms with van der Waals surface area (Å²) in [6, 6.07) is 8.82. The first-order chi connectivity index (χ1) is 12.4. The quantitative estimate of drug-likeness (QED) is 0.524. The van der Waals surface area contributed by atoms with Gasteiger partial charge in [-0.05, 0) is 43.7 Å². The van der Waals surface area contributed by atoms with E-state index in [1.54, 1.807) is 18.2 Å². The van der Waals surface area contributed by atoms with Crippen LogP contribution in [-0.2, 0) is 6.18 Å². The van der Waals surface area contributed by atoms with Gasteiger partial charge in [-0.15, -0.1) is 0 Å². The van der Waals surface area contributed by atoms with Crippen LogP contribution in [-0.4, -0.2) is 19.4 Å². The third-order valence-corrected chi connectivity index (χ3v) is 3.72. The Hall–Kier alpha value is -2.21. The van der Waals surface area contributed by atoms with Crippen LogP contribution in [0.1, 0.15) is 31.4 Å². The predicted molar refractivity (Wildman–Crippen MR) is 97.1 cm³/mol. The predicted octanol–water partition coefficient (Wildman–Crippen LogP) is 6.30. The Morgan fingerprint density at radius 1 is 1.08 bits per heavy atom. The number of rotatable bonds is 7. The Balaban J connectivity index is 2.40.